The molecule has 0 saturated carbocycles. The molecule has 9 nitrogen and oxygen atoms in total. The Kier molecular flexibility index (Phi) is 5.35. The van der Waals surface area contributed by atoms with Gasteiger partial charge in [-0.1, -0.05) is 42.8 Å². The van der Waals surface area contributed by atoms with Crippen LogP contribution in [0.5, 0.6) is 0 Å². The largest absolute Gasteiger partial charge is 0.447 e. The highest BCUT2D eigenvalue weighted by molar-refractivity contribution is 5.89. The van der Waals surface area contributed by atoms with E-state index in [-0.39, 0.29) is 18.0 Å². The number of nitrogens with one attached hydrogen (secondary N) is 1. The molecule has 3 aromatic rings. The van der Waals surface area contributed by atoms with Gasteiger partial charge in [-0.15, -0.1) is 0 Å². The van der Waals surface area contributed by atoms with Gasteiger partial charge in [0.25, 0.3) is 0 Å². The van der Waals surface area contributed by atoms with Gasteiger partial charge in [0.15, 0.2) is 0 Å². The fourth-order valence-corrected chi connectivity index (χ4v) is 3.31. The zero-order valence-corrected chi connectivity index (χ0v) is 17.4. The van der Waals surface area contributed by atoms with E-state index in [2.05, 4.69) is 25.4 Å². The summed E-state index contributed by atoms with van der Waals surface area (Å²) < 4.78 is 10.6. The Morgan fingerprint density at radius 1 is 1.20 bits per heavy atom. The van der Waals surface area contributed by atoms with Crippen LogP contribution in [0, 0.1) is 12.8 Å². The number of amides is 1. The fraction of sp³-hybridized carbons (Fsp3) is 0.381. The molecule has 3 heterocycles. The number of aryl methyl sites for hydroxylation is 1. The predicted molar refractivity (Wildman–Crippen MR) is 111 cm³/mol. The lowest BCUT2D eigenvalue weighted by atomic mass is 10.0. The van der Waals surface area contributed by atoms with Crippen LogP contribution in [0.2, 0.25) is 0 Å². The quantitative estimate of drug-likeness (QED) is 0.652. The molecule has 1 saturated heterocycles. The zero-order valence-electron chi connectivity index (χ0n) is 17.4. The molecular formula is C21H24N6O3. The van der Waals surface area contributed by atoms with Gasteiger partial charge >= 0.3 is 6.09 Å². The second-order valence-corrected chi connectivity index (χ2v) is 7.69. The maximum atomic E-state index is 12.2. The molecular weight excluding hydrogens is 384 g/mol. The zero-order chi connectivity index (χ0) is 21.3. The topological polar surface area (TPSA) is 106 Å². The molecule has 1 N–H and O–H groups in total. The second kappa shape index (κ2) is 8.10. The van der Waals surface area contributed by atoms with Gasteiger partial charge in [0.1, 0.15) is 18.5 Å². The summed E-state index contributed by atoms with van der Waals surface area (Å²) in [5.74, 6) is 2.03. The van der Waals surface area contributed by atoms with Gasteiger partial charge < -0.3 is 14.6 Å². The third-order valence-electron chi connectivity index (χ3n) is 5.00. The monoisotopic (exact) mass is 408 g/mol. The SMILES string of the molecule is Cc1cccc(-c2noc([C@@H](C)Nc3nccc(N4C(=O)OCC4C(C)C)n3)n2)c1. The summed E-state index contributed by atoms with van der Waals surface area (Å²) >= 11 is 0. The highest BCUT2D eigenvalue weighted by Gasteiger charge is 2.37. The van der Waals surface area contributed by atoms with Crippen molar-refractivity contribution in [2.75, 3.05) is 16.8 Å². The van der Waals surface area contributed by atoms with Crippen molar-refractivity contribution < 1.29 is 14.1 Å². The van der Waals surface area contributed by atoms with E-state index < -0.39 is 6.09 Å². The third kappa shape index (κ3) is 3.96. The number of aromatic nitrogens is 4. The summed E-state index contributed by atoms with van der Waals surface area (Å²) in [4.78, 5) is 27.0. The van der Waals surface area contributed by atoms with Crippen molar-refractivity contribution in [2.24, 2.45) is 5.92 Å². The molecule has 1 aromatic carbocycles. The molecule has 2 atom stereocenters. The maximum Gasteiger partial charge on any atom is 0.415 e. The predicted octanol–water partition coefficient (Wildman–Crippen LogP) is 3.99. The maximum absolute atomic E-state index is 12.2. The third-order valence-corrected chi connectivity index (χ3v) is 5.00. The summed E-state index contributed by atoms with van der Waals surface area (Å²) in [7, 11) is 0. The van der Waals surface area contributed by atoms with Crippen molar-refractivity contribution in [3.05, 3.63) is 48.0 Å². The van der Waals surface area contributed by atoms with Crippen LogP contribution in [0.15, 0.2) is 41.1 Å². The molecule has 0 radical (unpaired) electrons. The van der Waals surface area contributed by atoms with Crippen LogP contribution in [0.25, 0.3) is 11.4 Å². The van der Waals surface area contributed by atoms with Crippen LogP contribution < -0.4 is 10.2 Å². The van der Waals surface area contributed by atoms with E-state index in [0.29, 0.717) is 30.1 Å². The minimum atomic E-state index is -0.397. The molecule has 0 aliphatic carbocycles. The van der Waals surface area contributed by atoms with E-state index >= 15 is 0 Å². The molecule has 30 heavy (non-hydrogen) atoms. The summed E-state index contributed by atoms with van der Waals surface area (Å²) in [6.07, 6.45) is 1.21. The van der Waals surface area contributed by atoms with Gasteiger partial charge in [-0.2, -0.15) is 9.97 Å². The summed E-state index contributed by atoms with van der Waals surface area (Å²) in [6, 6.07) is 9.21. The number of carbonyl (C=O) groups excluding carboxylic acids is 1. The number of anilines is 2. The number of cyclic esters (lactones) is 1. The average Bonchev–Trinajstić information content (AvgIpc) is 3.35. The number of hydrogen-bond acceptors (Lipinski definition) is 8. The highest BCUT2D eigenvalue weighted by atomic mass is 16.6. The van der Waals surface area contributed by atoms with Crippen molar-refractivity contribution in [1.82, 2.24) is 20.1 Å². The molecule has 4 rings (SSSR count). The standard InChI is InChI=1S/C21H24N6O3/c1-12(2)16-11-29-21(28)27(16)17-8-9-22-20(24-17)23-14(4)19-25-18(26-30-19)15-7-5-6-13(3)10-15/h5-10,12,14,16H,11H2,1-4H3,(H,22,23,24)/t14-,16?/m1/s1. The summed E-state index contributed by atoms with van der Waals surface area (Å²) in [5, 5.41) is 7.23. The van der Waals surface area contributed by atoms with Crippen LogP contribution in [0.3, 0.4) is 0 Å². The normalized spacial score (nSPS) is 17.3. The Bertz CT molecular complexity index is 1050. The average molecular weight is 408 g/mol. The first-order valence-electron chi connectivity index (χ1n) is 9.88. The lowest BCUT2D eigenvalue weighted by Gasteiger charge is -2.23. The highest BCUT2D eigenvalue weighted by Crippen LogP contribution is 2.27. The van der Waals surface area contributed by atoms with E-state index in [1.807, 2.05) is 52.0 Å². The molecule has 1 unspecified atom stereocenters. The van der Waals surface area contributed by atoms with Crippen LogP contribution in [0.4, 0.5) is 16.6 Å². The van der Waals surface area contributed by atoms with Gasteiger partial charge in [0.05, 0.1) is 6.04 Å². The fourth-order valence-electron chi connectivity index (χ4n) is 3.31. The first-order chi connectivity index (χ1) is 14.4. The summed E-state index contributed by atoms with van der Waals surface area (Å²) in [6.45, 7) is 8.33. The number of benzene rings is 1. The molecule has 2 aromatic heterocycles. The Hall–Kier alpha value is -3.49. The second-order valence-electron chi connectivity index (χ2n) is 7.69. The first-order valence-corrected chi connectivity index (χ1v) is 9.88. The van der Waals surface area contributed by atoms with E-state index in [9.17, 15) is 4.79 Å². The van der Waals surface area contributed by atoms with Crippen LogP contribution in [-0.2, 0) is 4.74 Å². The Labute approximate surface area is 174 Å². The lowest BCUT2D eigenvalue weighted by Crippen LogP contribution is -2.37. The molecule has 9 heteroatoms. The van der Waals surface area contributed by atoms with Gasteiger partial charge in [0.2, 0.25) is 17.7 Å². The number of carbonyl (C=O) groups is 1. The van der Waals surface area contributed by atoms with Gasteiger partial charge in [-0.25, -0.2) is 9.78 Å². The van der Waals surface area contributed by atoms with Crippen molar-refractivity contribution in [2.45, 2.75) is 39.8 Å². The first kappa shape index (κ1) is 19.8. The molecule has 0 spiro atoms. The molecule has 1 amide bonds. The smallest absolute Gasteiger partial charge is 0.415 e. The van der Waals surface area contributed by atoms with Crippen LogP contribution in [0.1, 0.15) is 38.3 Å². The van der Waals surface area contributed by atoms with E-state index in [0.717, 1.165) is 11.1 Å². The van der Waals surface area contributed by atoms with Crippen molar-refractivity contribution in [3.8, 4) is 11.4 Å². The Morgan fingerprint density at radius 3 is 2.80 bits per heavy atom. The van der Waals surface area contributed by atoms with Gasteiger partial charge in [-0.3, -0.25) is 4.90 Å². The van der Waals surface area contributed by atoms with Gasteiger partial charge in [-0.05, 0) is 31.9 Å². The van der Waals surface area contributed by atoms with Crippen LogP contribution >= 0.6 is 0 Å². The number of rotatable bonds is 6. The number of hydrogen-bond donors (Lipinski definition) is 1. The Balaban J connectivity index is 1.51. The van der Waals surface area contributed by atoms with E-state index in [4.69, 9.17) is 9.26 Å². The molecule has 1 aliphatic heterocycles. The minimum absolute atomic E-state index is 0.0644. The van der Waals surface area contributed by atoms with Crippen molar-refractivity contribution in [3.63, 3.8) is 0 Å². The number of nitrogens with zero attached hydrogens (tertiary/aromatic N) is 5. The Morgan fingerprint density at radius 2 is 2.03 bits per heavy atom. The van der Waals surface area contributed by atoms with E-state index in [1.165, 1.54) is 0 Å². The lowest BCUT2D eigenvalue weighted by molar-refractivity contribution is 0.177. The van der Waals surface area contributed by atoms with Gasteiger partial charge in [0, 0.05) is 11.8 Å². The van der Waals surface area contributed by atoms with Crippen molar-refractivity contribution in [1.29, 1.82) is 0 Å². The molecule has 1 fully saturated rings. The van der Waals surface area contributed by atoms with Crippen molar-refractivity contribution >= 4 is 17.9 Å². The van der Waals surface area contributed by atoms with E-state index in [1.54, 1.807) is 17.2 Å². The number of ether oxygens (including phenoxy) is 1. The molecule has 1 aliphatic rings. The molecule has 156 valence electrons. The minimum Gasteiger partial charge on any atom is -0.447 e. The summed E-state index contributed by atoms with van der Waals surface area (Å²) in [5.41, 5.74) is 2.01. The molecule has 0 bridgehead atoms. The van der Waals surface area contributed by atoms with Crippen LogP contribution in [-0.4, -0.2) is 38.9 Å².